The Labute approximate surface area is 113 Å². The fourth-order valence-electron chi connectivity index (χ4n) is 1.49. The summed E-state index contributed by atoms with van der Waals surface area (Å²) in [5.41, 5.74) is 0.691. The van der Waals surface area contributed by atoms with Gasteiger partial charge >= 0.3 is 0 Å². The predicted molar refractivity (Wildman–Crippen MR) is 73.9 cm³/mol. The molecule has 0 unspecified atom stereocenters. The lowest BCUT2D eigenvalue weighted by Gasteiger charge is -2.04. The number of rotatable bonds is 4. The van der Waals surface area contributed by atoms with Gasteiger partial charge in [-0.25, -0.2) is 0 Å². The SMILES string of the molecule is O=C(NCCc1ccco1)c1cccc(I)c1. The second-order valence-corrected chi connectivity index (χ2v) is 4.84. The van der Waals surface area contributed by atoms with Crippen molar-refractivity contribution in [1.82, 2.24) is 5.32 Å². The summed E-state index contributed by atoms with van der Waals surface area (Å²) in [6.07, 6.45) is 2.35. The van der Waals surface area contributed by atoms with Crippen LogP contribution in [-0.2, 0) is 6.42 Å². The van der Waals surface area contributed by atoms with Gasteiger partial charge in [-0.05, 0) is 52.9 Å². The van der Waals surface area contributed by atoms with Gasteiger partial charge in [-0.1, -0.05) is 6.07 Å². The molecule has 0 spiro atoms. The van der Waals surface area contributed by atoms with Crippen LogP contribution in [0.4, 0.5) is 0 Å². The predicted octanol–water partition coefficient (Wildman–Crippen LogP) is 2.86. The highest BCUT2D eigenvalue weighted by atomic mass is 127. The summed E-state index contributed by atoms with van der Waals surface area (Å²) in [6, 6.07) is 11.3. The minimum Gasteiger partial charge on any atom is -0.469 e. The summed E-state index contributed by atoms with van der Waals surface area (Å²) in [6.45, 7) is 0.581. The van der Waals surface area contributed by atoms with Gasteiger partial charge in [0.25, 0.3) is 5.91 Å². The van der Waals surface area contributed by atoms with Gasteiger partial charge in [0.05, 0.1) is 6.26 Å². The first kappa shape index (κ1) is 12.2. The minimum absolute atomic E-state index is 0.0462. The van der Waals surface area contributed by atoms with Crippen LogP contribution in [-0.4, -0.2) is 12.5 Å². The first-order valence-electron chi connectivity index (χ1n) is 5.32. The zero-order valence-corrected chi connectivity index (χ0v) is 11.3. The van der Waals surface area contributed by atoms with E-state index >= 15 is 0 Å². The molecule has 2 aromatic rings. The van der Waals surface area contributed by atoms with Crippen molar-refractivity contribution in [3.8, 4) is 0 Å². The molecule has 17 heavy (non-hydrogen) atoms. The van der Waals surface area contributed by atoms with E-state index in [2.05, 4.69) is 27.9 Å². The molecular weight excluding hydrogens is 329 g/mol. The van der Waals surface area contributed by atoms with E-state index in [0.717, 1.165) is 9.33 Å². The average molecular weight is 341 g/mol. The number of furan rings is 1. The average Bonchev–Trinajstić information content (AvgIpc) is 2.82. The standard InChI is InChI=1S/C13H12INO2/c14-11-4-1-3-10(9-11)13(16)15-7-6-12-5-2-8-17-12/h1-5,8-9H,6-7H2,(H,15,16). The maximum atomic E-state index is 11.8. The molecule has 1 aromatic carbocycles. The molecule has 0 radical (unpaired) electrons. The summed E-state index contributed by atoms with van der Waals surface area (Å²) < 4.78 is 6.24. The first-order valence-corrected chi connectivity index (χ1v) is 6.40. The molecule has 1 amide bonds. The van der Waals surface area contributed by atoms with Crippen LogP contribution in [0.5, 0.6) is 0 Å². The Bertz CT molecular complexity index is 494. The van der Waals surface area contributed by atoms with E-state index in [0.29, 0.717) is 18.5 Å². The third-order valence-corrected chi connectivity index (χ3v) is 2.99. The van der Waals surface area contributed by atoms with Crippen molar-refractivity contribution in [1.29, 1.82) is 0 Å². The van der Waals surface area contributed by atoms with E-state index in [1.807, 2.05) is 36.4 Å². The summed E-state index contributed by atoms with van der Waals surface area (Å²) in [4.78, 5) is 11.8. The first-order chi connectivity index (χ1) is 8.25. The minimum atomic E-state index is -0.0462. The lowest BCUT2D eigenvalue weighted by Crippen LogP contribution is -2.25. The molecule has 0 aliphatic carbocycles. The lowest BCUT2D eigenvalue weighted by molar-refractivity contribution is 0.0953. The van der Waals surface area contributed by atoms with Gasteiger partial charge in [0.2, 0.25) is 0 Å². The van der Waals surface area contributed by atoms with Crippen molar-refractivity contribution >= 4 is 28.5 Å². The molecule has 3 nitrogen and oxygen atoms in total. The monoisotopic (exact) mass is 341 g/mol. The van der Waals surface area contributed by atoms with Crippen LogP contribution >= 0.6 is 22.6 Å². The number of halogens is 1. The number of hydrogen-bond donors (Lipinski definition) is 1. The highest BCUT2D eigenvalue weighted by Crippen LogP contribution is 2.07. The number of nitrogens with one attached hydrogen (secondary N) is 1. The number of benzene rings is 1. The number of carbonyl (C=O) groups excluding carboxylic acids is 1. The number of hydrogen-bond acceptors (Lipinski definition) is 2. The Kier molecular flexibility index (Phi) is 4.19. The molecular formula is C13H12INO2. The van der Waals surface area contributed by atoms with Gasteiger partial charge in [0, 0.05) is 22.1 Å². The molecule has 0 bridgehead atoms. The molecule has 88 valence electrons. The van der Waals surface area contributed by atoms with Crippen LogP contribution in [0.2, 0.25) is 0 Å². The third kappa shape index (κ3) is 3.59. The molecule has 0 atom stereocenters. The van der Waals surface area contributed by atoms with Crippen LogP contribution in [0.3, 0.4) is 0 Å². The largest absolute Gasteiger partial charge is 0.469 e. The molecule has 1 heterocycles. The third-order valence-electron chi connectivity index (χ3n) is 2.32. The highest BCUT2D eigenvalue weighted by molar-refractivity contribution is 14.1. The van der Waals surface area contributed by atoms with Crippen molar-refractivity contribution < 1.29 is 9.21 Å². The van der Waals surface area contributed by atoms with Crippen LogP contribution in [0.15, 0.2) is 47.1 Å². The second kappa shape index (κ2) is 5.86. The van der Waals surface area contributed by atoms with Crippen LogP contribution in [0.1, 0.15) is 16.1 Å². The Morgan fingerprint density at radius 1 is 1.29 bits per heavy atom. The molecule has 1 N–H and O–H groups in total. The zero-order valence-electron chi connectivity index (χ0n) is 9.15. The van der Waals surface area contributed by atoms with E-state index in [1.165, 1.54) is 0 Å². The van der Waals surface area contributed by atoms with Gasteiger partial charge in [0.1, 0.15) is 5.76 Å². The Hall–Kier alpha value is -1.30. The molecule has 0 aliphatic heterocycles. The summed E-state index contributed by atoms with van der Waals surface area (Å²) in [7, 11) is 0. The van der Waals surface area contributed by atoms with Gasteiger partial charge in [-0.15, -0.1) is 0 Å². The van der Waals surface area contributed by atoms with Crippen molar-refractivity contribution in [2.45, 2.75) is 6.42 Å². The van der Waals surface area contributed by atoms with Crippen LogP contribution < -0.4 is 5.32 Å². The smallest absolute Gasteiger partial charge is 0.251 e. The molecule has 0 fully saturated rings. The van der Waals surface area contributed by atoms with Crippen molar-refractivity contribution in [3.05, 3.63) is 57.6 Å². The number of amides is 1. The van der Waals surface area contributed by atoms with E-state index in [4.69, 9.17) is 4.42 Å². The van der Waals surface area contributed by atoms with E-state index < -0.39 is 0 Å². The van der Waals surface area contributed by atoms with Crippen molar-refractivity contribution in [3.63, 3.8) is 0 Å². The molecule has 2 rings (SSSR count). The molecule has 0 saturated heterocycles. The van der Waals surface area contributed by atoms with Gasteiger partial charge in [-0.2, -0.15) is 0 Å². The zero-order chi connectivity index (χ0) is 12.1. The number of carbonyl (C=O) groups is 1. The van der Waals surface area contributed by atoms with E-state index in [9.17, 15) is 4.79 Å². The maximum Gasteiger partial charge on any atom is 0.251 e. The Morgan fingerprint density at radius 2 is 2.18 bits per heavy atom. The Balaban J connectivity index is 1.85. The summed E-state index contributed by atoms with van der Waals surface area (Å²) >= 11 is 2.19. The van der Waals surface area contributed by atoms with Crippen LogP contribution in [0.25, 0.3) is 0 Å². The highest BCUT2D eigenvalue weighted by Gasteiger charge is 2.05. The fraction of sp³-hybridized carbons (Fsp3) is 0.154. The van der Waals surface area contributed by atoms with Gasteiger partial charge in [-0.3, -0.25) is 4.79 Å². The molecule has 0 aliphatic rings. The quantitative estimate of drug-likeness (QED) is 0.869. The molecule has 4 heteroatoms. The topological polar surface area (TPSA) is 42.2 Å². The van der Waals surface area contributed by atoms with Crippen molar-refractivity contribution in [2.24, 2.45) is 0 Å². The van der Waals surface area contributed by atoms with Gasteiger partial charge < -0.3 is 9.73 Å². The normalized spacial score (nSPS) is 10.2. The van der Waals surface area contributed by atoms with E-state index in [1.54, 1.807) is 6.26 Å². The lowest BCUT2D eigenvalue weighted by atomic mass is 10.2. The Morgan fingerprint density at radius 3 is 2.88 bits per heavy atom. The second-order valence-electron chi connectivity index (χ2n) is 3.60. The fourth-order valence-corrected chi connectivity index (χ4v) is 2.03. The van der Waals surface area contributed by atoms with Crippen LogP contribution in [0, 0.1) is 3.57 Å². The summed E-state index contributed by atoms with van der Waals surface area (Å²) in [5.74, 6) is 0.836. The molecule has 1 aromatic heterocycles. The summed E-state index contributed by atoms with van der Waals surface area (Å²) in [5, 5.41) is 2.86. The molecule has 0 saturated carbocycles. The van der Waals surface area contributed by atoms with Gasteiger partial charge in [0.15, 0.2) is 0 Å². The van der Waals surface area contributed by atoms with E-state index in [-0.39, 0.29) is 5.91 Å². The maximum absolute atomic E-state index is 11.8. The van der Waals surface area contributed by atoms with Crippen molar-refractivity contribution in [2.75, 3.05) is 6.54 Å².